The number of benzene rings is 1. The van der Waals surface area contributed by atoms with Crippen LogP contribution in [0.3, 0.4) is 0 Å². The number of aryl methyl sites for hydroxylation is 1. The Morgan fingerprint density at radius 1 is 1.35 bits per heavy atom. The fraction of sp³-hybridized carbons (Fsp3) is 0.533. The molecule has 1 amide bonds. The van der Waals surface area contributed by atoms with Crippen molar-refractivity contribution in [2.45, 2.75) is 45.1 Å². The van der Waals surface area contributed by atoms with Crippen molar-refractivity contribution in [3.05, 3.63) is 35.4 Å². The zero-order valence-electron chi connectivity index (χ0n) is 11.9. The van der Waals surface area contributed by atoms with Gasteiger partial charge in [-0.1, -0.05) is 19.4 Å². The average molecular weight is 285 g/mol. The first-order valence-electron chi connectivity index (χ1n) is 6.77. The number of carbonyl (C=O) groups is 1. The van der Waals surface area contributed by atoms with Crippen molar-refractivity contribution in [3.63, 3.8) is 0 Å². The largest absolute Gasteiger partial charge is 0.388 e. The monoisotopic (exact) mass is 285 g/mol. The molecule has 1 atom stereocenters. The second-order valence-electron chi connectivity index (χ2n) is 5.27. The van der Waals surface area contributed by atoms with Crippen LogP contribution in [-0.4, -0.2) is 23.2 Å². The molecule has 1 aromatic rings. The van der Waals surface area contributed by atoms with Crippen LogP contribution < -0.4 is 5.32 Å². The van der Waals surface area contributed by atoms with Crippen LogP contribution in [0.1, 0.15) is 38.7 Å². The molecular formula is C15H21F2NO2. The van der Waals surface area contributed by atoms with Crippen LogP contribution in [0.2, 0.25) is 0 Å². The van der Waals surface area contributed by atoms with E-state index < -0.39 is 17.2 Å². The van der Waals surface area contributed by atoms with Crippen molar-refractivity contribution in [3.8, 4) is 0 Å². The summed E-state index contributed by atoms with van der Waals surface area (Å²) in [5.74, 6) is -2.02. The minimum Gasteiger partial charge on any atom is -0.388 e. The van der Waals surface area contributed by atoms with Gasteiger partial charge in [-0.3, -0.25) is 4.79 Å². The van der Waals surface area contributed by atoms with Gasteiger partial charge >= 0.3 is 0 Å². The Kier molecular flexibility index (Phi) is 6.07. The maximum absolute atomic E-state index is 13.0. The Bertz CT molecular complexity index is 461. The average Bonchev–Trinajstić information content (AvgIpc) is 2.38. The number of aliphatic hydroxyl groups is 1. The fourth-order valence-electron chi connectivity index (χ4n) is 1.96. The zero-order valence-corrected chi connectivity index (χ0v) is 11.9. The SMILES string of the molecule is CCCC(C)(O)CNC(=O)CCc1ccc(F)c(F)c1. The molecule has 0 aliphatic carbocycles. The van der Waals surface area contributed by atoms with Gasteiger partial charge in [0.1, 0.15) is 0 Å². The first kappa shape index (κ1) is 16.6. The zero-order chi connectivity index (χ0) is 15.2. The standard InChI is InChI=1S/C15H21F2NO2/c1-3-8-15(2,20)10-18-14(19)7-5-11-4-6-12(16)13(17)9-11/h4,6,9,20H,3,5,7-8,10H2,1-2H3,(H,18,19). The van der Waals surface area contributed by atoms with Gasteiger partial charge in [0.25, 0.3) is 0 Å². The maximum atomic E-state index is 13.0. The normalized spacial score (nSPS) is 13.8. The molecule has 0 spiro atoms. The smallest absolute Gasteiger partial charge is 0.220 e. The summed E-state index contributed by atoms with van der Waals surface area (Å²) in [5, 5.41) is 12.6. The summed E-state index contributed by atoms with van der Waals surface area (Å²) in [6, 6.07) is 3.60. The highest BCUT2D eigenvalue weighted by molar-refractivity contribution is 5.76. The predicted molar refractivity (Wildman–Crippen MR) is 73.2 cm³/mol. The second-order valence-corrected chi connectivity index (χ2v) is 5.27. The third kappa shape index (κ3) is 5.65. The Labute approximate surface area is 118 Å². The minimum absolute atomic E-state index is 0.174. The first-order chi connectivity index (χ1) is 9.34. The minimum atomic E-state index is -0.910. The van der Waals surface area contributed by atoms with E-state index in [1.807, 2.05) is 6.92 Å². The summed E-state index contributed by atoms with van der Waals surface area (Å²) in [5.41, 5.74) is -0.341. The van der Waals surface area contributed by atoms with Crippen LogP contribution in [0.15, 0.2) is 18.2 Å². The molecule has 2 N–H and O–H groups in total. The highest BCUT2D eigenvalue weighted by atomic mass is 19.2. The van der Waals surface area contributed by atoms with Crippen LogP contribution >= 0.6 is 0 Å². The molecule has 0 aliphatic heterocycles. The van der Waals surface area contributed by atoms with Crippen molar-refractivity contribution in [1.82, 2.24) is 5.32 Å². The van der Waals surface area contributed by atoms with Gasteiger partial charge in [-0.15, -0.1) is 0 Å². The molecule has 20 heavy (non-hydrogen) atoms. The van der Waals surface area contributed by atoms with E-state index in [1.54, 1.807) is 6.92 Å². The molecule has 1 unspecified atom stereocenters. The molecule has 1 aromatic carbocycles. The Morgan fingerprint density at radius 2 is 2.05 bits per heavy atom. The number of hydrogen-bond acceptors (Lipinski definition) is 2. The molecule has 0 heterocycles. The van der Waals surface area contributed by atoms with E-state index in [-0.39, 0.29) is 18.9 Å². The van der Waals surface area contributed by atoms with Crippen molar-refractivity contribution in [2.75, 3.05) is 6.54 Å². The molecule has 1 rings (SSSR count). The molecule has 5 heteroatoms. The lowest BCUT2D eigenvalue weighted by molar-refractivity contribution is -0.122. The molecule has 0 saturated heterocycles. The quantitative estimate of drug-likeness (QED) is 0.809. The number of nitrogens with one attached hydrogen (secondary N) is 1. The predicted octanol–water partition coefficient (Wildman–Crippen LogP) is 2.56. The lowest BCUT2D eigenvalue weighted by atomic mass is 10.0. The third-order valence-electron chi connectivity index (χ3n) is 3.08. The van der Waals surface area contributed by atoms with Gasteiger partial charge in [0.15, 0.2) is 11.6 Å². The molecule has 0 fully saturated rings. The first-order valence-corrected chi connectivity index (χ1v) is 6.77. The van der Waals surface area contributed by atoms with Gasteiger partial charge in [-0.2, -0.15) is 0 Å². The highest BCUT2D eigenvalue weighted by Crippen LogP contribution is 2.12. The summed E-state index contributed by atoms with van der Waals surface area (Å²) in [6.07, 6.45) is 1.94. The van der Waals surface area contributed by atoms with E-state index in [0.717, 1.165) is 18.6 Å². The molecule has 112 valence electrons. The molecule has 3 nitrogen and oxygen atoms in total. The van der Waals surface area contributed by atoms with Gasteiger partial charge in [0.05, 0.1) is 5.60 Å². The van der Waals surface area contributed by atoms with Gasteiger partial charge in [0.2, 0.25) is 5.91 Å². The summed E-state index contributed by atoms with van der Waals surface area (Å²) in [7, 11) is 0. The number of halogens is 2. The van der Waals surface area contributed by atoms with Crippen LogP contribution in [0.5, 0.6) is 0 Å². The Morgan fingerprint density at radius 3 is 2.65 bits per heavy atom. The van der Waals surface area contributed by atoms with Crippen molar-refractivity contribution < 1.29 is 18.7 Å². The van der Waals surface area contributed by atoms with Crippen LogP contribution in [0.25, 0.3) is 0 Å². The maximum Gasteiger partial charge on any atom is 0.220 e. The molecule has 0 saturated carbocycles. The van der Waals surface area contributed by atoms with Gasteiger partial charge < -0.3 is 10.4 Å². The van der Waals surface area contributed by atoms with Crippen LogP contribution in [-0.2, 0) is 11.2 Å². The van der Waals surface area contributed by atoms with E-state index in [0.29, 0.717) is 18.4 Å². The van der Waals surface area contributed by atoms with Crippen molar-refractivity contribution in [1.29, 1.82) is 0 Å². The molecule has 0 aliphatic rings. The van der Waals surface area contributed by atoms with Crippen molar-refractivity contribution in [2.24, 2.45) is 0 Å². The molecular weight excluding hydrogens is 264 g/mol. The summed E-state index contributed by atoms with van der Waals surface area (Å²) in [6.45, 7) is 3.82. The van der Waals surface area contributed by atoms with E-state index >= 15 is 0 Å². The van der Waals surface area contributed by atoms with E-state index in [1.165, 1.54) is 6.07 Å². The fourth-order valence-corrected chi connectivity index (χ4v) is 1.96. The number of amides is 1. The van der Waals surface area contributed by atoms with Crippen molar-refractivity contribution >= 4 is 5.91 Å². The number of hydrogen-bond donors (Lipinski definition) is 2. The third-order valence-corrected chi connectivity index (χ3v) is 3.08. The van der Waals surface area contributed by atoms with Gasteiger partial charge in [-0.05, 0) is 37.5 Å². The topological polar surface area (TPSA) is 49.3 Å². The molecule has 0 aromatic heterocycles. The Balaban J connectivity index is 2.38. The summed E-state index contributed by atoms with van der Waals surface area (Å²) < 4.78 is 25.7. The second kappa shape index (κ2) is 7.33. The number of rotatable bonds is 7. The molecule has 0 radical (unpaired) electrons. The van der Waals surface area contributed by atoms with Crippen LogP contribution in [0, 0.1) is 11.6 Å². The van der Waals surface area contributed by atoms with Gasteiger partial charge in [0, 0.05) is 13.0 Å². The summed E-state index contributed by atoms with van der Waals surface area (Å²) >= 11 is 0. The Hall–Kier alpha value is -1.49. The summed E-state index contributed by atoms with van der Waals surface area (Å²) in [4.78, 5) is 11.6. The lowest BCUT2D eigenvalue weighted by Gasteiger charge is -2.22. The van der Waals surface area contributed by atoms with Gasteiger partial charge in [-0.25, -0.2) is 8.78 Å². The van der Waals surface area contributed by atoms with E-state index in [9.17, 15) is 18.7 Å². The molecule has 0 bridgehead atoms. The van der Waals surface area contributed by atoms with E-state index in [2.05, 4.69) is 5.32 Å². The van der Waals surface area contributed by atoms with E-state index in [4.69, 9.17) is 0 Å². The number of carbonyl (C=O) groups excluding carboxylic acids is 1. The van der Waals surface area contributed by atoms with Crippen LogP contribution in [0.4, 0.5) is 8.78 Å². The lowest BCUT2D eigenvalue weighted by Crippen LogP contribution is -2.40. The highest BCUT2D eigenvalue weighted by Gasteiger charge is 2.19.